The summed E-state index contributed by atoms with van der Waals surface area (Å²) in [7, 11) is 1.73. The summed E-state index contributed by atoms with van der Waals surface area (Å²) in [6.45, 7) is 4.94. The first-order valence-corrected chi connectivity index (χ1v) is 4.12. The van der Waals surface area contributed by atoms with Crippen molar-refractivity contribution in [1.82, 2.24) is 4.90 Å². The third kappa shape index (κ3) is 2.11. The minimum Gasteiger partial charge on any atom is -0.447 e. The van der Waals surface area contributed by atoms with Crippen LogP contribution in [0.3, 0.4) is 0 Å². The van der Waals surface area contributed by atoms with Crippen LogP contribution in [0.2, 0.25) is 0 Å². The Labute approximate surface area is 72.4 Å². The van der Waals surface area contributed by atoms with Crippen LogP contribution >= 0.6 is 0 Å². The minimum absolute atomic E-state index is 0.0832. The summed E-state index contributed by atoms with van der Waals surface area (Å²) in [6, 6.07) is 0.0832. The van der Waals surface area contributed by atoms with Gasteiger partial charge >= 0.3 is 6.09 Å². The van der Waals surface area contributed by atoms with Gasteiger partial charge in [0, 0.05) is 7.05 Å². The molecular formula is C8H15NO3. The van der Waals surface area contributed by atoms with E-state index in [1.165, 1.54) is 0 Å². The van der Waals surface area contributed by atoms with Crippen LogP contribution in [0.4, 0.5) is 4.79 Å². The number of likely N-dealkylation sites (N-methyl/N-ethyl adjacent to an activating group) is 1. The predicted molar refractivity (Wildman–Crippen MR) is 44.0 cm³/mol. The summed E-state index contributed by atoms with van der Waals surface area (Å²) in [6.07, 6.45) is -0.0542. The predicted octanol–water partition coefficient (Wildman–Crippen LogP) is 0.862. The molecule has 1 rings (SSSR count). The number of ether oxygens (including phenoxy) is 2. The van der Waals surface area contributed by atoms with Crippen LogP contribution in [-0.4, -0.2) is 43.4 Å². The average molecular weight is 173 g/mol. The normalized spacial score (nSPS) is 23.5. The molecule has 1 aliphatic rings. The van der Waals surface area contributed by atoms with Gasteiger partial charge in [-0.05, 0) is 13.8 Å². The molecule has 4 heteroatoms. The van der Waals surface area contributed by atoms with Crippen LogP contribution in [0, 0.1) is 0 Å². The van der Waals surface area contributed by atoms with E-state index in [0.717, 1.165) is 0 Å². The van der Waals surface area contributed by atoms with Gasteiger partial charge < -0.3 is 14.4 Å². The summed E-state index contributed by atoms with van der Waals surface area (Å²) < 4.78 is 10.2. The monoisotopic (exact) mass is 173 g/mol. The molecule has 1 saturated heterocycles. The number of hydrogen-bond donors (Lipinski definition) is 0. The van der Waals surface area contributed by atoms with Gasteiger partial charge in [-0.15, -0.1) is 0 Å². The van der Waals surface area contributed by atoms with Gasteiger partial charge in [-0.1, -0.05) is 0 Å². The van der Waals surface area contributed by atoms with E-state index in [9.17, 15) is 4.79 Å². The zero-order chi connectivity index (χ0) is 9.14. The van der Waals surface area contributed by atoms with Crippen molar-refractivity contribution in [2.24, 2.45) is 0 Å². The second kappa shape index (κ2) is 3.76. The maximum atomic E-state index is 10.9. The van der Waals surface area contributed by atoms with E-state index in [1.54, 1.807) is 11.9 Å². The van der Waals surface area contributed by atoms with Crippen molar-refractivity contribution in [3.63, 3.8) is 0 Å². The van der Waals surface area contributed by atoms with Gasteiger partial charge in [0.2, 0.25) is 0 Å². The lowest BCUT2D eigenvalue weighted by molar-refractivity contribution is 0.0477. The Hall–Kier alpha value is -0.770. The molecule has 0 radical (unpaired) electrons. The van der Waals surface area contributed by atoms with Gasteiger partial charge in [0.15, 0.2) is 0 Å². The molecule has 0 bridgehead atoms. The molecule has 0 aromatic carbocycles. The van der Waals surface area contributed by atoms with Crippen LogP contribution in [0.5, 0.6) is 0 Å². The van der Waals surface area contributed by atoms with Crippen LogP contribution in [0.1, 0.15) is 13.8 Å². The van der Waals surface area contributed by atoms with Crippen LogP contribution < -0.4 is 0 Å². The van der Waals surface area contributed by atoms with Crippen LogP contribution in [0.15, 0.2) is 0 Å². The first-order valence-electron chi connectivity index (χ1n) is 4.12. The second-order valence-electron chi connectivity index (χ2n) is 3.22. The van der Waals surface area contributed by atoms with E-state index in [-0.39, 0.29) is 18.2 Å². The second-order valence-corrected chi connectivity index (χ2v) is 3.22. The summed E-state index contributed by atoms with van der Waals surface area (Å²) in [5, 5.41) is 0. The highest BCUT2D eigenvalue weighted by Gasteiger charge is 2.29. The molecule has 0 aromatic rings. The molecule has 4 nitrogen and oxygen atoms in total. The third-order valence-corrected chi connectivity index (χ3v) is 1.86. The van der Waals surface area contributed by atoms with Crippen LogP contribution in [0.25, 0.3) is 0 Å². The fraction of sp³-hybridized carbons (Fsp3) is 0.875. The minimum atomic E-state index is -0.257. The lowest BCUT2D eigenvalue weighted by Crippen LogP contribution is -2.34. The Morgan fingerprint density at radius 1 is 1.75 bits per heavy atom. The first-order chi connectivity index (χ1) is 5.61. The number of carbonyl (C=O) groups is 1. The van der Waals surface area contributed by atoms with Crippen molar-refractivity contribution in [2.75, 3.05) is 20.3 Å². The molecule has 0 aliphatic carbocycles. The Morgan fingerprint density at radius 3 is 2.83 bits per heavy atom. The van der Waals surface area contributed by atoms with E-state index in [4.69, 9.17) is 9.47 Å². The zero-order valence-electron chi connectivity index (χ0n) is 7.74. The molecule has 0 saturated carbocycles. The van der Waals surface area contributed by atoms with Crippen molar-refractivity contribution >= 4 is 6.09 Å². The summed E-state index contributed by atoms with van der Waals surface area (Å²) in [4.78, 5) is 12.4. The number of hydrogen-bond acceptors (Lipinski definition) is 3. The lowest BCUT2D eigenvalue weighted by Gasteiger charge is -2.17. The molecule has 1 heterocycles. The molecule has 1 amide bonds. The molecule has 0 N–H and O–H groups in total. The molecule has 70 valence electrons. The molecule has 12 heavy (non-hydrogen) atoms. The standard InChI is InChI=1S/C8H15NO3/c1-6(2)11-4-7-5-12-8(10)9(7)3/h6-7H,4-5H2,1-3H3. The summed E-state index contributed by atoms with van der Waals surface area (Å²) >= 11 is 0. The molecule has 1 aliphatic heterocycles. The van der Waals surface area contributed by atoms with E-state index < -0.39 is 0 Å². The molecule has 1 fully saturated rings. The number of cyclic esters (lactones) is 1. The number of nitrogens with zero attached hydrogens (tertiary/aromatic N) is 1. The van der Waals surface area contributed by atoms with Crippen molar-refractivity contribution in [1.29, 1.82) is 0 Å². The van der Waals surface area contributed by atoms with Crippen molar-refractivity contribution in [3.8, 4) is 0 Å². The van der Waals surface area contributed by atoms with Gasteiger partial charge in [0.25, 0.3) is 0 Å². The van der Waals surface area contributed by atoms with E-state index in [2.05, 4.69) is 0 Å². The number of amides is 1. The smallest absolute Gasteiger partial charge is 0.410 e. The topological polar surface area (TPSA) is 38.8 Å². The van der Waals surface area contributed by atoms with E-state index >= 15 is 0 Å². The molecule has 1 atom stereocenters. The number of carbonyl (C=O) groups excluding carboxylic acids is 1. The Kier molecular flexibility index (Phi) is 2.92. The van der Waals surface area contributed by atoms with E-state index in [0.29, 0.717) is 13.2 Å². The zero-order valence-corrected chi connectivity index (χ0v) is 7.74. The van der Waals surface area contributed by atoms with Gasteiger partial charge in [-0.3, -0.25) is 0 Å². The Morgan fingerprint density at radius 2 is 2.42 bits per heavy atom. The average Bonchev–Trinajstić information content (AvgIpc) is 2.30. The van der Waals surface area contributed by atoms with Crippen molar-refractivity contribution in [3.05, 3.63) is 0 Å². The molecule has 0 aromatic heterocycles. The molecule has 0 spiro atoms. The van der Waals surface area contributed by atoms with Crippen LogP contribution in [-0.2, 0) is 9.47 Å². The third-order valence-electron chi connectivity index (χ3n) is 1.86. The lowest BCUT2D eigenvalue weighted by atomic mass is 10.3. The fourth-order valence-electron chi connectivity index (χ4n) is 0.994. The van der Waals surface area contributed by atoms with Crippen molar-refractivity contribution < 1.29 is 14.3 Å². The molecule has 1 unspecified atom stereocenters. The van der Waals surface area contributed by atoms with Crippen molar-refractivity contribution in [2.45, 2.75) is 26.0 Å². The van der Waals surface area contributed by atoms with Gasteiger partial charge in [-0.2, -0.15) is 0 Å². The highest BCUT2D eigenvalue weighted by molar-refractivity contribution is 5.69. The van der Waals surface area contributed by atoms with Gasteiger partial charge in [0.05, 0.1) is 18.8 Å². The van der Waals surface area contributed by atoms with Gasteiger partial charge in [-0.25, -0.2) is 4.79 Å². The number of rotatable bonds is 3. The fourth-order valence-corrected chi connectivity index (χ4v) is 0.994. The largest absolute Gasteiger partial charge is 0.447 e. The first kappa shape index (κ1) is 9.32. The maximum Gasteiger partial charge on any atom is 0.410 e. The molecular weight excluding hydrogens is 158 g/mol. The van der Waals surface area contributed by atoms with Gasteiger partial charge in [0.1, 0.15) is 6.61 Å². The summed E-state index contributed by atoms with van der Waals surface area (Å²) in [5.41, 5.74) is 0. The highest BCUT2D eigenvalue weighted by atomic mass is 16.6. The Bertz CT molecular complexity index is 170. The quantitative estimate of drug-likeness (QED) is 0.635. The highest BCUT2D eigenvalue weighted by Crippen LogP contribution is 2.10. The Balaban J connectivity index is 2.29. The summed E-state index contributed by atoms with van der Waals surface area (Å²) in [5.74, 6) is 0. The maximum absolute atomic E-state index is 10.9. The van der Waals surface area contributed by atoms with E-state index in [1.807, 2.05) is 13.8 Å². The SMILES string of the molecule is CC(C)OCC1COC(=O)N1C.